The van der Waals surface area contributed by atoms with Gasteiger partial charge < -0.3 is 5.73 Å². The van der Waals surface area contributed by atoms with Crippen LogP contribution in [-0.2, 0) is 0 Å². The maximum absolute atomic E-state index is 13.2. The van der Waals surface area contributed by atoms with E-state index in [0.717, 1.165) is 0 Å². The van der Waals surface area contributed by atoms with E-state index in [1.165, 1.54) is 18.2 Å². The van der Waals surface area contributed by atoms with Crippen molar-refractivity contribution in [1.82, 2.24) is 0 Å². The number of nitriles is 2. The summed E-state index contributed by atoms with van der Waals surface area (Å²) in [5, 5.41) is 17.0. The van der Waals surface area contributed by atoms with E-state index in [2.05, 4.69) is 0 Å². The van der Waals surface area contributed by atoms with E-state index >= 15 is 0 Å². The normalized spacial score (nSPS) is 11.4. The Morgan fingerprint density at radius 2 is 2.14 bits per heavy atom. The fourth-order valence-corrected chi connectivity index (χ4v) is 1.11. The lowest BCUT2D eigenvalue weighted by atomic mass is 10.0. The molecule has 0 aliphatic heterocycles. The van der Waals surface area contributed by atoms with Crippen molar-refractivity contribution in [3.63, 3.8) is 0 Å². The number of nitrogens with zero attached hydrogens (tertiary/aromatic N) is 2. The Kier molecular flexibility index (Phi) is 3.17. The van der Waals surface area contributed by atoms with Crippen molar-refractivity contribution in [2.75, 3.05) is 0 Å². The van der Waals surface area contributed by atoms with Crippen LogP contribution in [0.1, 0.15) is 23.6 Å². The first-order valence-corrected chi connectivity index (χ1v) is 4.01. The molecule has 0 aromatic heterocycles. The smallest absolute Gasteiger partial charge is 0.128 e. The van der Waals surface area contributed by atoms with Gasteiger partial charge in [-0.1, -0.05) is 0 Å². The minimum atomic E-state index is -0.673. The van der Waals surface area contributed by atoms with Crippen molar-refractivity contribution >= 4 is 0 Å². The van der Waals surface area contributed by atoms with Crippen LogP contribution in [0.5, 0.6) is 0 Å². The fraction of sp³-hybridized carbons (Fsp3) is 0.200. The van der Waals surface area contributed by atoms with Crippen LogP contribution >= 0.6 is 0 Å². The van der Waals surface area contributed by atoms with Gasteiger partial charge >= 0.3 is 0 Å². The quantitative estimate of drug-likeness (QED) is 0.768. The third kappa shape index (κ3) is 2.07. The summed E-state index contributed by atoms with van der Waals surface area (Å²) >= 11 is 0. The molecule has 0 aliphatic carbocycles. The van der Waals surface area contributed by atoms with Crippen molar-refractivity contribution < 1.29 is 4.39 Å². The van der Waals surface area contributed by atoms with E-state index in [0.29, 0.717) is 5.56 Å². The summed E-state index contributed by atoms with van der Waals surface area (Å²) in [6, 6.07) is 7.00. The molecular formula is C10H8FN3. The van der Waals surface area contributed by atoms with Gasteiger partial charge in [0.1, 0.15) is 5.82 Å². The minimum Gasteiger partial charge on any atom is -0.323 e. The van der Waals surface area contributed by atoms with Crippen LogP contribution in [0.25, 0.3) is 0 Å². The van der Waals surface area contributed by atoms with Gasteiger partial charge in [0.2, 0.25) is 0 Å². The molecule has 1 aromatic rings. The molecule has 0 spiro atoms. The van der Waals surface area contributed by atoms with Crippen molar-refractivity contribution in [2.24, 2.45) is 5.73 Å². The number of halogens is 1. The Hall–Kier alpha value is -1.91. The summed E-state index contributed by atoms with van der Waals surface area (Å²) < 4.78 is 13.2. The standard InChI is InChI=1S/C10H8FN3/c11-9-2-1-7(6-13)5-8(9)10(14)3-4-12/h1-2,5,10H,3,14H2/t10-/m1/s1. The molecule has 0 unspecified atom stereocenters. The monoisotopic (exact) mass is 189 g/mol. The van der Waals surface area contributed by atoms with Crippen LogP contribution in [0.2, 0.25) is 0 Å². The van der Waals surface area contributed by atoms with Gasteiger partial charge in [-0.25, -0.2) is 4.39 Å². The van der Waals surface area contributed by atoms with Crippen LogP contribution in [0.3, 0.4) is 0 Å². The molecule has 1 atom stereocenters. The van der Waals surface area contributed by atoms with Gasteiger partial charge in [0, 0.05) is 11.6 Å². The SMILES string of the molecule is N#CC[C@@H](N)c1cc(C#N)ccc1F. The van der Waals surface area contributed by atoms with E-state index in [4.69, 9.17) is 16.3 Å². The molecule has 0 heterocycles. The highest BCUT2D eigenvalue weighted by Gasteiger charge is 2.11. The van der Waals surface area contributed by atoms with Crippen LogP contribution in [0, 0.1) is 28.5 Å². The first-order chi connectivity index (χ1) is 6.69. The van der Waals surface area contributed by atoms with Crippen molar-refractivity contribution in [3.05, 3.63) is 35.1 Å². The second-order valence-corrected chi connectivity index (χ2v) is 2.82. The van der Waals surface area contributed by atoms with Gasteiger partial charge in [-0.15, -0.1) is 0 Å². The first-order valence-electron chi connectivity index (χ1n) is 4.01. The maximum atomic E-state index is 13.2. The van der Waals surface area contributed by atoms with Crippen LogP contribution in [0.15, 0.2) is 18.2 Å². The largest absolute Gasteiger partial charge is 0.323 e. The van der Waals surface area contributed by atoms with E-state index in [9.17, 15) is 4.39 Å². The molecule has 0 aliphatic rings. The topological polar surface area (TPSA) is 73.6 Å². The molecule has 0 radical (unpaired) electrons. The molecule has 0 amide bonds. The van der Waals surface area contributed by atoms with Crippen LogP contribution in [0.4, 0.5) is 4.39 Å². The van der Waals surface area contributed by atoms with Gasteiger partial charge in [-0.2, -0.15) is 10.5 Å². The van der Waals surface area contributed by atoms with Gasteiger partial charge in [0.15, 0.2) is 0 Å². The number of hydrogen-bond donors (Lipinski definition) is 1. The molecule has 0 saturated heterocycles. The third-order valence-electron chi connectivity index (χ3n) is 1.84. The van der Waals surface area contributed by atoms with Crippen molar-refractivity contribution in [3.8, 4) is 12.1 Å². The average Bonchev–Trinajstić information content (AvgIpc) is 2.19. The molecule has 3 nitrogen and oxygen atoms in total. The average molecular weight is 189 g/mol. The Morgan fingerprint density at radius 3 is 2.71 bits per heavy atom. The van der Waals surface area contributed by atoms with Gasteiger partial charge in [0.05, 0.1) is 24.1 Å². The molecule has 0 fully saturated rings. The predicted octanol–water partition coefficient (Wildman–Crippen LogP) is 1.61. The highest BCUT2D eigenvalue weighted by Crippen LogP contribution is 2.18. The zero-order chi connectivity index (χ0) is 10.6. The lowest BCUT2D eigenvalue weighted by molar-refractivity contribution is 0.584. The summed E-state index contributed by atoms with van der Waals surface area (Å²) in [6.45, 7) is 0. The van der Waals surface area contributed by atoms with Crippen LogP contribution in [-0.4, -0.2) is 0 Å². The highest BCUT2D eigenvalue weighted by molar-refractivity contribution is 5.35. The maximum Gasteiger partial charge on any atom is 0.128 e. The lowest BCUT2D eigenvalue weighted by Crippen LogP contribution is -2.11. The minimum absolute atomic E-state index is 0.0335. The second-order valence-electron chi connectivity index (χ2n) is 2.82. The first kappa shape index (κ1) is 10.2. The molecule has 1 aromatic carbocycles. The van der Waals surface area contributed by atoms with E-state index < -0.39 is 11.9 Å². The van der Waals surface area contributed by atoms with Crippen molar-refractivity contribution in [2.45, 2.75) is 12.5 Å². The van der Waals surface area contributed by atoms with Crippen LogP contribution < -0.4 is 5.73 Å². The number of rotatable bonds is 2. The number of nitrogens with two attached hydrogens (primary N) is 1. The summed E-state index contributed by atoms with van der Waals surface area (Å²) in [4.78, 5) is 0. The summed E-state index contributed by atoms with van der Waals surface area (Å²) in [7, 11) is 0. The molecule has 14 heavy (non-hydrogen) atoms. The third-order valence-corrected chi connectivity index (χ3v) is 1.84. The molecular weight excluding hydrogens is 181 g/mol. The summed E-state index contributed by atoms with van der Waals surface area (Å²) in [6.07, 6.45) is 0.0335. The van der Waals surface area contributed by atoms with Gasteiger partial charge in [-0.05, 0) is 18.2 Å². The van der Waals surface area contributed by atoms with Crippen molar-refractivity contribution in [1.29, 1.82) is 10.5 Å². The molecule has 4 heteroatoms. The Balaban J connectivity index is 3.08. The highest BCUT2D eigenvalue weighted by atomic mass is 19.1. The van der Waals surface area contributed by atoms with E-state index in [-0.39, 0.29) is 12.0 Å². The number of hydrogen-bond acceptors (Lipinski definition) is 3. The Bertz CT molecular complexity index is 414. The predicted molar refractivity (Wildman–Crippen MR) is 48.3 cm³/mol. The molecule has 1 rings (SSSR count). The molecule has 70 valence electrons. The fourth-order valence-electron chi connectivity index (χ4n) is 1.11. The molecule has 2 N–H and O–H groups in total. The Labute approximate surface area is 81.2 Å². The lowest BCUT2D eigenvalue weighted by Gasteiger charge is -2.08. The van der Waals surface area contributed by atoms with Gasteiger partial charge in [-0.3, -0.25) is 0 Å². The van der Waals surface area contributed by atoms with E-state index in [1.54, 1.807) is 0 Å². The summed E-state index contributed by atoms with van der Waals surface area (Å²) in [5.41, 5.74) is 6.11. The zero-order valence-electron chi connectivity index (χ0n) is 7.37. The second kappa shape index (κ2) is 4.36. The summed E-state index contributed by atoms with van der Waals surface area (Å²) in [5.74, 6) is -0.480. The Morgan fingerprint density at radius 1 is 1.43 bits per heavy atom. The number of benzene rings is 1. The zero-order valence-corrected chi connectivity index (χ0v) is 7.37. The molecule has 0 saturated carbocycles. The molecule has 0 bridgehead atoms. The van der Waals surface area contributed by atoms with E-state index in [1.807, 2.05) is 12.1 Å². The van der Waals surface area contributed by atoms with Gasteiger partial charge in [0.25, 0.3) is 0 Å².